The van der Waals surface area contributed by atoms with Gasteiger partial charge in [0, 0.05) is 5.56 Å². The Morgan fingerprint density at radius 1 is 1.41 bits per heavy atom. The third kappa shape index (κ3) is 2.72. The molecule has 3 rings (SSSR count). The molecule has 0 aliphatic carbocycles. The molecule has 1 aromatic heterocycles. The molecule has 0 saturated carbocycles. The third-order valence-corrected chi connectivity index (χ3v) is 3.43. The summed E-state index contributed by atoms with van der Waals surface area (Å²) in [5.74, 6) is 2.02. The Labute approximate surface area is 128 Å². The standard InChI is InChI=1S/C16H17N3O3/c1-9-4-5-12(11(3)20)6-13(9)22-16-14-15(17-8-18-16)19-10(2)7-21-14/h4-6,8,10H,7H2,1-3H3,(H,17,18,19)/t10-/m1/s1. The molecule has 2 heterocycles. The maximum atomic E-state index is 11.5. The summed E-state index contributed by atoms with van der Waals surface area (Å²) in [4.78, 5) is 19.8. The summed E-state index contributed by atoms with van der Waals surface area (Å²) in [5.41, 5.74) is 1.51. The van der Waals surface area contributed by atoms with E-state index in [0.29, 0.717) is 35.4 Å². The molecule has 114 valence electrons. The zero-order valence-electron chi connectivity index (χ0n) is 12.7. The van der Waals surface area contributed by atoms with Gasteiger partial charge in [0.15, 0.2) is 11.6 Å². The summed E-state index contributed by atoms with van der Waals surface area (Å²) in [6.45, 7) is 5.96. The van der Waals surface area contributed by atoms with Crippen molar-refractivity contribution in [1.82, 2.24) is 9.97 Å². The summed E-state index contributed by atoms with van der Waals surface area (Å²) < 4.78 is 11.5. The van der Waals surface area contributed by atoms with Crippen molar-refractivity contribution in [1.29, 1.82) is 0 Å². The van der Waals surface area contributed by atoms with Gasteiger partial charge in [-0.25, -0.2) is 4.98 Å². The monoisotopic (exact) mass is 299 g/mol. The van der Waals surface area contributed by atoms with E-state index in [4.69, 9.17) is 9.47 Å². The highest BCUT2D eigenvalue weighted by atomic mass is 16.5. The van der Waals surface area contributed by atoms with Gasteiger partial charge in [-0.1, -0.05) is 12.1 Å². The van der Waals surface area contributed by atoms with Crippen LogP contribution in [0.15, 0.2) is 24.5 Å². The van der Waals surface area contributed by atoms with E-state index < -0.39 is 0 Å². The van der Waals surface area contributed by atoms with Crippen molar-refractivity contribution in [2.45, 2.75) is 26.8 Å². The van der Waals surface area contributed by atoms with E-state index in [0.717, 1.165) is 5.56 Å². The normalized spacial score (nSPS) is 16.2. The van der Waals surface area contributed by atoms with Crippen molar-refractivity contribution >= 4 is 11.6 Å². The van der Waals surface area contributed by atoms with Gasteiger partial charge >= 0.3 is 0 Å². The first-order chi connectivity index (χ1) is 10.5. The van der Waals surface area contributed by atoms with Crippen molar-refractivity contribution in [3.8, 4) is 17.4 Å². The molecule has 1 aliphatic heterocycles. The minimum absolute atomic E-state index is 0.0127. The van der Waals surface area contributed by atoms with Crippen LogP contribution < -0.4 is 14.8 Å². The topological polar surface area (TPSA) is 73.3 Å². The second-order valence-corrected chi connectivity index (χ2v) is 5.35. The smallest absolute Gasteiger partial charge is 0.268 e. The number of anilines is 1. The van der Waals surface area contributed by atoms with Gasteiger partial charge in [-0.15, -0.1) is 0 Å². The molecule has 6 nitrogen and oxygen atoms in total. The average Bonchev–Trinajstić information content (AvgIpc) is 2.49. The van der Waals surface area contributed by atoms with Crippen LogP contribution in [-0.4, -0.2) is 28.4 Å². The highest BCUT2D eigenvalue weighted by Crippen LogP contribution is 2.37. The van der Waals surface area contributed by atoms with Crippen LogP contribution in [0.25, 0.3) is 0 Å². The second-order valence-electron chi connectivity index (χ2n) is 5.35. The Balaban J connectivity index is 1.96. The highest BCUT2D eigenvalue weighted by Gasteiger charge is 2.22. The zero-order valence-corrected chi connectivity index (χ0v) is 12.7. The number of hydrogen-bond acceptors (Lipinski definition) is 6. The van der Waals surface area contributed by atoms with Crippen LogP contribution in [0, 0.1) is 6.92 Å². The van der Waals surface area contributed by atoms with Crippen molar-refractivity contribution in [3.05, 3.63) is 35.7 Å². The zero-order chi connectivity index (χ0) is 15.7. The van der Waals surface area contributed by atoms with Crippen molar-refractivity contribution in [3.63, 3.8) is 0 Å². The van der Waals surface area contributed by atoms with Gasteiger partial charge in [0.05, 0.1) is 6.04 Å². The van der Waals surface area contributed by atoms with Crippen molar-refractivity contribution in [2.24, 2.45) is 0 Å². The van der Waals surface area contributed by atoms with Crippen LogP contribution in [-0.2, 0) is 0 Å². The number of ether oxygens (including phenoxy) is 2. The summed E-state index contributed by atoms with van der Waals surface area (Å²) in [6, 6.07) is 5.52. The molecule has 22 heavy (non-hydrogen) atoms. The van der Waals surface area contributed by atoms with Crippen LogP contribution in [0.4, 0.5) is 5.82 Å². The lowest BCUT2D eigenvalue weighted by atomic mass is 10.1. The number of nitrogens with zero attached hydrogens (tertiary/aromatic N) is 2. The number of benzene rings is 1. The predicted octanol–water partition coefficient (Wildman–Crippen LogP) is 2.97. The van der Waals surface area contributed by atoms with Gasteiger partial charge in [0.25, 0.3) is 5.88 Å². The number of rotatable bonds is 3. The van der Waals surface area contributed by atoms with E-state index in [1.54, 1.807) is 12.1 Å². The number of hydrogen-bond donors (Lipinski definition) is 1. The lowest BCUT2D eigenvalue weighted by Gasteiger charge is -2.24. The molecule has 0 amide bonds. The highest BCUT2D eigenvalue weighted by molar-refractivity contribution is 5.94. The number of Topliss-reactive ketones (excluding diaryl/α,β-unsaturated/α-hetero) is 1. The number of ketones is 1. The van der Waals surface area contributed by atoms with Crippen LogP contribution in [0.1, 0.15) is 29.8 Å². The SMILES string of the molecule is CC(=O)c1ccc(C)c(Oc2ncnc3c2OC[C@@H](C)N3)c1. The molecule has 1 aliphatic rings. The number of aryl methyl sites for hydroxylation is 1. The summed E-state index contributed by atoms with van der Waals surface area (Å²) in [7, 11) is 0. The van der Waals surface area contributed by atoms with E-state index in [1.807, 2.05) is 19.9 Å². The van der Waals surface area contributed by atoms with Crippen LogP contribution >= 0.6 is 0 Å². The van der Waals surface area contributed by atoms with Crippen LogP contribution in [0.3, 0.4) is 0 Å². The Morgan fingerprint density at radius 3 is 3.00 bits per heavy atom. The first-order valence-electron chi connectivity index (χ1n) is 7.08. The molecule has 0 unspecified atom stereocenters. The fourth-order valence-electron chi connectivity index (χ4n) is 2.18. The van der Waals surface area contributed by atoms with E-state index in [2.05, 4.69) is 15.3 Å². The maximum Gasteiger partial charge on any atom is 0.268 e. The average molecular weight is 299 g/mol. The molecule has 0 fully saturated rings. The fourth-order valence-corrected chi connectivity index (χ4v) is 2.18. The van der Waals surface area contributed by atoms with E-state index in [9.17, 15) is 4.79 Å². The maximum absolute atomic E-state index is 11.5. The summed E-state index contributed by atoms with van der Waals surface area (Å²) >= 11 is 0. The quantitative estimate of drug-likeness (QED) is 0.878. The van der Waals surface area contributed by atoms with Crippen molar-refractivity contribution in [2.75, 3.05) is 11.9 Å². The van der Waals surface area contributed by atoms with E-state index in [-0.39, 0.29) is 11.8 Å². The largest absolute Gasteiger partial charge is 0.483 e. The number of carbonyl (C=O) groups is 1. The number of aromatic nitrogens is 2. The van der Waals surface area contributed by atoms with Crippen LogP contribution in [0.5, 0.6) is 17.4 Å². The Morgan fingerprint density at radius 2 is 2.23 bits per heavy atom. The van der Waals surface area contributed by atoms with Gasteiger partial charge in [0.1, 0.15) is 18.7 Å². The molecule has 1 aromatic carbocycles. The number of carbonyl (C=O) groups excluding carboxylic acids is 1. The fraction of sp³-hybridized carbons (Fsp3) is 0.312. The first-order valence-corrected chi connectivity index (χ1v) is 7.08. The molecule has 2 aromatic rings. The van der Waals surface area contributed by atoms with Gasteiger partial charge < -0.3 is 14.8 Å². The van der Waals surface area contributed by atoms with Gasteiger partial charge in [0.2, 0.25) is 5.75 Å². The molecule has 1 atom stereocenters. The van der Waals surface area contributed by atoms with Crippen molar-refractivity contribution < 1.29 is 14.3 Å². The Bertz CT molecular complexity index is 731. The second kappa shape index (κ2) is 5.63. The molecular weight excluding hydrogens is 282 g/mol. The molecule has 0 spiro atoms. The Hall–Kier alpha value is -2.63. The number of nitrogens with one attached hydrogen (secondary N) is 1. The summed E-state index contributed by atoms with van der Waals surface area (Å²) in [6.07, 6.45) is 1.42. The summed E-state index contributed by atoms with van der Waals surface area (Å²) in [5, 5.41) is 3.22. The van der Waals surface area contributed by atoms with Gasteiger partial charge in [-0.2, -0.15) is 4.98 Å². The number of fused-ring (bicyclic) bond motifs is 1. The molecule has 6 heteroatoms. The minimum atomic E-state index is -0.0127. The molecular formula is C16H17N3O3. The van der Waals surface area contributed by atoms with E-state index >= 15 is 0 Å². The van der Waals surface area contributed by atoms with Gasteiger partial charge in [-0.3, -0.25) is 4.79 Å². The minimum Gasteiger partial charge on any atom is -0.483 e. The van der Waals surface area contributed by atoms with E-state index in [1.165, 1.54) is 13.3 Å². The first kappa shape index (κ1) is 14.3. The predicted molar refractivity (Wildman–Crippen MR) is 81.9 cm³/mol. The molecule has 1 N–H and O–H groups in total. The molecule has 0 radical (unpaired) electrons. The molecule has 0 saturated heterocycles. The lowest BCUT2D eigenvalue weighted by molar-refractivity contribution is 0.101. The third-order valence-electron chi connectivity index (χ3n) is 3.43. The molecule has 0 bridgehead atoms. The lowest BCUT2D eigenvalue weighted by Crippen LogP contribution is -2.29. The van der Waals surface area contributed by atoms with Gasteiger partial charge in [-0.05, 0) is 32.4 Å². The Kier molecular flexibility index (Phi) is 3.66. The van der Waals surface area contributed by atoms with Crippen LogP contribution in [0.2, 0.25) is 0 Å².